The van der Waals surface area contributed by atoms with Crippen LogP contribution in [0.25, 0.3) is 27.9 Å². The summed E-state index contributed by atoms with van der Waals surface area (Å²) in [7, 11) is 0. The predicted octanol–water partition coefficient (Wildman–Crippen LogP) is 4.46. The number of fused-ring (bicyclic) bond motifs is 1. The minimum absolute atomic E-state index is 0.280. The zero-order valence-corrected chi connectivity index (χ0v) is 15.8. The van der Waals surface area contributed by atoms with Gasteiger partial charge in [0.1, 0.15) is 0 Å². The molecule has 29 heavy (non-hydrogen) atoms. The van der Waals surface area contributed by atoms with Gasteiger partial charge in [-0.3, -0.25) is 4.79 Å². The molecule has 144 valence electrons. The van der Waals surface area contributed by atoms with E-state index in [1.165, 1.54) is 5.57 Å². The molecule has 0 bridgehead atoms. The topological polar surface area (TPSA) is 72.4 Å². The summed E-state index contributed by atoms with van der Waals surface area (Å²) in [6.07, 6.45) is 11.6. The average molecular weight is 384 g/mol. The maximum Gasteiger partial charge on any atom is 0.306 e. The van der Waals surface area contributed by atoms with Gasteiger partial charge in [0, 0.05) is 29.7 Å². The number of carboxylic acid groups (broad SMARTS) is 1. The number of carbonyl (C=O) groups is 1. The van der Waals surface area contributed by atoms with E-state index in [1.807, 2.05) is 52.1 Å². The summed E-state index contributed by atoms with van der Waals surface area (Å²) in [5.41, 5.74) is 6.53. The van der Waals surface area contributed by atoms with Crippen LogP contribution in [0.1, 0.15) is 24.8 Å². The highest BCUT2D eigenvalue weighted by Crippen LogP contribution is 2.36. The maximum absolute atomic E-state index is 11.3. The highest BCUT2D eigenvalue weighted by molar-refractivity contribution is 5.90. The van der Waals surface area contributed by atoms with Crippen molar-refractivity contribution in [2.24, 2.45) is 5.92 Å². The van der Waals surface area contributed by atoms with Crippen molar-refractivity contribution in [3.8, 4) is 16.8 Å². The fraction of sp³-hybridized carbons (Fsp3) is 0.174. The van der Waals surface area contributed by atoms with Crippen LogP contribution in [-0.4, -0.2) is 30.5 Å². The van der Waals surface area contributed by atoms with Crippen LogP contribution in [0.15, 0.2) is 73.3 Å². The molecule has 4 aromatic rings. The monoisotopic (exact) mass is 384 g/mol. The Morgan fingerprint density at radius 1 is 1.03 bits per heavy atom. The SMILES string of the molecule is O=C(O)C1CC=C(c2cccn3ncc(-c4ccc(-n5cccn5)cc4)c23)CC1. The number of nitrogens with zero attached hydrogens (tertiary/aromatic N) is 4. The van der Waals surface area contributed by atoms with Gasteiger partial charge in [-0.1, -0.05) is 24.3 Å². The van der Waals surface area contributed by atoms with E-state index >= 15 is 0 Å². The summed E-state index contributed by atoms with van der Waals surface area (Å²) in [6, 6.07) is 14.3. The number of aromatic nitrogens is 4. The highest BCUT2D eigenvalue weighted by Gasteiger charge is 2.23. The number of hydrogen-bond donors (Lipinski definition) is 1. The van der Waals surface area contributed by atoms with Gasteiger partial charge in [0.15, 0.2) is 0 Å². The number of pyridine rings is 1. The molecule has 1 aliphatic rings. The van der Waals surface area contributed by atoms with Crippen molar-refractivity contribution < 1.29 is 9.90 Å². The van der Waals surface area contributed by atoms with Crippen molar-refractivity contribution in [1.29, 1.82) is 0 Å². The van der Waals surface area contributed by atoms with Crippen molar-refractivity contribution in [2.45, 2.75) is 19.3 Å². The second-order valence-electron chi connectivity index (χ2n) is 7.31. The molecular formula is C23H20N4O2. The van der Waals surface area contributed by atoms with E-state index in [0.29, 0.717) is 12.8 Å². The van der Waals surface area contributed by atoms with Gasteiger partial charge < -0.3 is 5.11 Å². The molecule has 6 heteroatoms. The summed E-state index contributed by atoms with van der Waals surface area (Å²) in [6.45, 7) is 0. The first kappa shape index (κ1) is 17.4. The van der Waals surface area contributed by atoms with Crippen LogP contribution in [0.3, 0.4) is 0 Å². The molecule has 6 nitrogen and oxygen atoms in total. The Morgan fingerprint density at radius 3 is 2.59 bits per heavy atom. The Labute approximate surface area is 167 Å². The van der Waals surface area contributed by atoms with Gasteiger partial charge in [-0.2, -0.15) is 10.2 Å². The lowest BCUT2D eigenvalue weighted by atomic mass is 9.86. The lowest BCUT2D eigenvalue weighted by molar-refractivity contribution is -0.141. The first-order valence-corrected chi connectivity index (χ1v) is 9.70. The number of benzene rings is 1. The molecule has 0 radical (unpaired) electrons. The second kappa shape index (κ2) is 7.05. The molecule has 0 saturated heterocycles. The minimum atomic E-state index is -0.708. The lowest BCUT2D eigenvalue weighted by Gasteiger charge is -2.19. The molecule has 1 N–H and O–H groups in total. The number of hydrogen-bond acceptors (Lipinski definition) is 3. The molecule has 1 aromatic carbocycles. The van der Waals surface area contributed by atoms with E-state index in [9.17, 15) is 9.90 Å². The van der Waals surface area contributed by atoms with E-state index in [2.05, 4.69) is 34.5 Å². The highest BCUT2D eigenvalue weighted by atomic mass is 16.4. The van der Waals surface area contributed by atoms with E-state index in [0.717, 1.165) is 34.3 Å². The largest absolute Gasteiger partial charge is 0.481 e. The van der Waals surface area contributed by atoms with Crippen molar-refractivity contribution in [3.63, 3.8) is 0 Å². The molecule has 1 unspecified atom stereocenters. The molecule has 0 aliphatic heterocycles. The van der Waals surface area contributed by atoms with E-state index in [-0.39, 0.29) is 5.92 Å². The molecule has 3 heterocycles. The Bertz CT molecular complexity index is 1200. The molecule has 3 aromatic heterocycles. The van der Waals surface area contributed by atoms with Crippen molar-refractivity contribution in [2.75, 3.05) is 0 Å². The van der Waals surface area contributed by atoms with Crippen LogP contribution >= 0.6 is 0 Å². The Hall–Kier alpha value is -3.67. The van der Waals surface area contributed by atoms with E-state index < -0.39 is 5.97 Å². The van der Waals surface area contributed by atoms with E-state index in [4.69, 9.17) is 0 Å². The van der Waals surface area contributed by atoms with Crippen LogP contribution < -0.4 is 0 Å². The van der Waals surface area contributed by atoms with Crippen LogP contribution in [0, 0.1) is 5.92 Å². The van der Waals surface area contributed by atoms with Gasteiger partial charge in [-0.05, 0) is 54.7 Å². The van der Waals surface area contributed by atoms with Gasteiger partial charge in [0.25, 0.3) is 0 Å². The van der Waals surface area contributed by atoms with Crippen molar-refractivity contribution in [3.05, 3.63) is 78.9 Å². The number of rotatable bonds is 4. The van der Waals surface area contributed by atoms with E-state index in [1.54, 1.807) is 6.20 Å². The molecule has 0 spiro atoms. The minimum Gasteiger partial charge on any atom is -0.481 e. The predicted molar refractivity (Wildman–Crippen MR) is 111 cm³/mol. The molecule has 1 aliphatic carbocycles. The summed E-state index contributed by atoms with van der Waals surface area (Å²) >= 11 is 0. The molecule has 5 rings (SSSR count). The standard InChI is InChI=1S/C23H20N4O2/c28-23(29)18-6-4-16(5-7-18)20-3-1-13-27-22(20)21(15-25-27)17-8-10-19(11-9-17)26-14-2-12-24-26/h1-4,8-15,18H,5-7H2,(H,28,29). The third kappa shape index (κ3) is 3.12. The Balaban J connectivity index is 1.55. The quantitative estimate of drug-likeness (QED) is 0.564. The van der Waals surface area contributed by atoms with Crippen molar-refractivity contribution >= 4 is 17.1 Å². The fourth-order valence-electron chi connectivity index (χ4n) is 4.03. The molecule has 0 saturated carbocycles. The number of aliphatic carboxylic acids is 1. The summed E-state index contributed by atoms with van der Waals surface area (Å²) < 4.78 is 3.73. The van der Waals surface area contributed by atoms with Crippen LogP contribution in [0.4, 0.5) is 0 Å². The zero-order chi connectivity index (χ0) is 19.8. The van der Waals surface area contributed by atoms with Gasteiger partial charge >= 0.3 is 5.97 Å². The fourth-order valence-corrected chi connectivity index (χ4v) is 4.03. The first-order valence-electron chi connectivity index (χ1n) is 9.70. The van der Waals surface area contributed by atoms with Crippen LogP contribution in [0.2, 0.25) is 0 Å². The third-order valence-electron chi connectivity index (χ3n) is 5.59. The molecule has 1 atom stereocenters. The van der Waals surface area contributed by atoms with Gasteiger partial charge in [-0.15, -0.1) is 0 Å². The summed E-state index contributed by atoms with van der Waals surface area (Å²) in [5.74, 6) is -0.987. The number of allylic oxidation sites excluding steroid dienone is 2. The van der Waals surface area contributed by atoms with Gasteiger partial charge in [-0.25, -0.2) is 9.20 Å². The molecular weight excluding hydrogens is 364 g/mol. The Kier molecular flexibility index (Phi) is 4.24. The smallest absolute Gasteiger partial charge is 0.306 e. The maximum atomic E-state index is 11.3. The lowest BCUT2D eigenvalue weighted by Crippen LogP contribution is -2.15. The van der Waals surface area contributed by atoms with Gasteiger partial charge in [0.2, 0.25) is 0 Å². The summed E-state index contributed by atoms with van der Waals surface area (Å²) in [4.78, 5) is 11.3. The third-order valence-corrected chi connectivity index (χ3v) is 5.59. The molecule has 0 fully saturated rings. The average Bonchev–Trinajstić information content (AvgIpc) is 3.44. The Morgan fingerprint density at radius 2 is 1.90 bits per heavy atom. The molecule has 0 amide bonds. The first-order chi connectivity index (χ1) is 14.2. The second-order valence-corrected chi connectivity index (χ2v) is 7.31. The van der Waals surface area contributed by atoms with Crippen LogP contribution in [-0.2, 0) is 4.79 Å². The number of carboxylic acids is 1. The zero-order valence-electron chi connectivity index (χ0n) is 15.8. The summed E-state index contributed by atoms with van der Waals surface area (Å²) in [5, 5.41) is 18.1. The normalized spacial score (nSPS) is 16.7. The van der Waals surface area contributed by atoms with Crippen molar-refractivity contribution in [1.82, 2.24) is 19.4 Å². The van der Waals surface area contributed by atoms with Crippen LogP contribution in [0.5, 0.6) is 0 Å². The van der Waals surface area contributed by atoms with Gasteiger partial charge in [0.05, 0.1) is 23.3 Å².